The van der Waals surface area contributed by atoms with Crippen LogP contribution in [0.3, 0.4) is 0 Å². The minimum atomic E-state index is -1.99. The summed E-state index contributed by atoms with van der Waals surface area (Å²) in [7, 11) is 0. The Morgan fingerprint density at radius 2 is 1.11 bits per heavy atom. The molecule has 18 heteroatoms. The molecule has 5 aliphatic heterocycles. The van der Waals surface area contributed by atoms with Crippen LogP contribution in [0.4, 0.5) is 0 Å². The van der Waals surface area contributed by atoms with E-state index in [-0.39, 0.29) is 54.1 Å². The zero-order valence-electron chi connectivity index (χ0n) is 39.3. The summed E-state index contributed by atoms with van der Waals surface area (Å²) in [5.74, 6) is -9.96. The highest BCUT2D eigenvalue weighted by atomic mass is 16.4. The van der Waals surface area contributed by atoms with Gasteiger partial charge < -0.3 is 41.1 Å². The molecule has 9 atom stereocenters. The second-order valence-electron chi connectivity index (χ2n) is 21.1. The molecular weight excluding hydrogens is 845 g/mol. The van der Waals surface area contributed by atoms with Crippen LogP contribution >= 0.6 is 0 Å². The third kappa shape index (κ3) is 6.94. The van der Waals surface area contributed by atoms with Gasteiger partial charge >= 0.3 is 41.8 Å². The summed E-state index contributed by atoms with van der Waals surface area (Å²) >= 11 is 0. The summed E-state index contributed by atoms with van der Waals surface area (Å²) in [6.45, 7) is 19.9. The van der Waals surface area contributed by atoms with E-state index in [1.807, 2.05) is 20.8 Å². The molecule has 0 saturated carbocycles. The molecule has 356 valence electrons. The first-order chi connectivity index (χ1) is 29.5. The van der Waals surface area contributed by atoms with E-state index in [2.05, 4.69) is 5.32 Å². The number of rotatable bonds is 16. The number of aliphatic carboxylic acids is 7. The first kappa shape index (κ1) is 50.3. The fourth-order valence-corrected chi connectivity index (χ4v) is 12.6. The van der Waals surface area contributed by atoms with Crippen LogP contribution in [0.15, 0.2) is 49.3 Å². The smallest absolute Gasteiger partial charge is 0.316 e. The van der Waals surface area contributed by atoms with Gasteiger partial charge in [0.2, 0.25) is 0 Å². The minimum Gasteiger partial charge on any atom is -0.481 e. The van der Waals surface area contributed by atoms with Gasteiger partial charge in [0, 0.05) is 86.2 Å². The van der Waals surface area contributed by atoms with Crippen molar-refractivity contribution in [3.8, 4) is 0 Å². The second-order valence-corrected chi connectivity index (χ2v) is 21.1. The van der Waals surface area contributed by atoms with E-state index in [4.69, 9.17) is 15.0 Å². The molecule has 65 heavy (non-hydrogen) atoms. The SMILES string of the molecule is C/C1=C2N=C(/C=C3\N/C(=C(/C)C4=N[C@@](C)([C@@](C)(CC(=O)O)[C@]4(C)CC(=O)O)[C@@]4(C)N=C1[C@](C)(CCC(=O)O)[C@H]4CC(=O)O)[C@@](C)(C(=O)O)[C@]3(C)CCC(=O)O)C(C)(C)[C@]/2(C)CCC(=O)O. The Bertz CT molecular complexity index is 2390. The van der Waals surface area contributed by atoms with Gasteiger partial charge in [-0.05, 0) is 71.1 Å². The van der Waals surface area contributed by atoms with Gasteiger partial charge in [-0.2, -0.15) is 0 Å². The first-order valence-electron chi connectivity index (χ1n) is 21.8. The lowest BCUT2D eigenvalue weighted by atomic mass is 9.47. The Morgan fingerprint density at radius 3 is 1.58 bits per heavy atom. The third-order valence-electron chi connectivity index (χ3n) is 17.8. The Morgan fingerprint density at radius 1 is 0.600 bits per heavy atom. The van der Waals surface area contributed by atoms with Crippen molar-refractivity contribution in [3.63, 3.8) is 0 Å². The van der Waals surface area contributed by atoms with Gasteiger partial charge in [-0.1, -0.05) is 48.5 Å². The summed E-state index contributed by atoms with van der Waals surface area (Å²) < 4.78 is 0. The number of nitrogens with zero attached hydrogens (tertiary/aromatic N) is 3. The lowest BCUT2D eigenvalue weighted by Gasteiger charge is -2.56. The fourth-order valence-electron chi connectivity index (χ4n) is 12.6. The van der Waals surface area contributed by atoms with Crippen molar-refractivity contribution in [1.82, 2.24) is 5.32 Å². The molecule has 0 aromatic carbocycles. The van der Waals surface area contributed by atoms with Crippen molar-refractivity contribution in [2.45, 2.75) is 152 Å². The maximum Gasteiger partial charge on any atom is 0.316 e. The van der Waals surface area contributed by atoms with Crippen molar-refractivity contribution in [2.75, 3.05) is 0 Å². The van der Waals surface area contributed by atoms with E-state index in [1.165, 1.54) is 6.92 Å². The highest BCUT2D eigenvalue weighted by molar-refractivity contribution is 6.12. The Kier molecular flexibility index (Phi) is 12.2. The van der Waals surface area contributed by atoms with Gasteiger partial charge in [-0.3, -0.25) is 48.5 Å². The number of carboxylic acids is 7. The number of aliphatic imine (C=N–C) groups is 3. The minimum absolute atomic E-state index is 0.0174. The Balaban J connectivity index is 2.16. The van der Waals surface area contributed by atoms with Crippen LogP contribution in [0.2, 0.25) is 0 Å². The molecule has 5 rings (SSSR count). The van der Waals surface area contributed by atoms with E-state index in [9.17, 15) is 69.3 Å². The van der Waals surface area contributed by atoms with Crippen LogP contribution in [0.25, 0.3) is 0 Å². The van der Waals surface area contributed by atoms with Crippen molar-refractivity contribution < 1.29 is 69.3 Å². The fraction of sp³-hybridized carbons (Fsp3) is 0.660. The predicted octanol–water partition coefficient (Wildman–Crippen LogP) is 6.70. The molecule has 5 aliphatic rings. The van der Waals surface area contributed by atoms with E-state index in [0.29, 0.717) is 17.0 Å². The highest BCUT2D eigenvalue weighted by Crippen LogP contribution is 2.70. The second kappa shape index (κ2) is 15.7. The van der Waals surface area contributed by atoms with Crippen LogP contribution < -0.4 is 5.32 Å². The summed E-state index contributed by atoms with van der Waals surface area (Å²) in [6.07, 6.45) is -1.99. The molecule has 8 bridgehead atoms. The van der Waals surface area contributed by atoms with Crippen molar-refractivity contribution in [2.24, 2.45) is 58.8 Å². The molecule has 0 spiro atoms. The van der Waals surface area contributed by atoms with Gasteiger partial charge in [0.15, 0.2) is 0 Å². The Hall–Kier alpha value is -5.68. The van der Waals surface area contributed by atoms with E-state index < -0.39 is 129 Å². The summed E-state index contributed by atoms with van der Waals surface area (Å²) in [6, 6.07) is 0. The monoisotopic (exact) mass is 908 g/mol. The van der Waals surface area contributed by atoms with Crippen LogP contribution in [-0.4, -0.2) is 106 Å². The maximum absolute atomic E-state index is 14.0. The van der Waals surface area contributed by atoms with Crippen LogP contribution in [0.5, 0.6) is 0 Å². The van der Waals surface area contributed by atoms with Crippen LogP contribution in [0, 0.1) is 43.8 Å². The van der Waals surface area contributed by atoms with Gasteiger partial charge in [-0.15, -0.1) is 0 Å². The molecule has 0 radical (unpaired) electrons. The molecule has 0 aliphatic carbocycles. The lowest BCUT2D eigenvalue weighted by molar-refractivity contribution is -0.151. The molecular formula is C47H64N4O14. The zero-order valence-corrected chi connectivity index (χ0v) is 39.3. The standard InChI is InChI=1S/C47H64N4O14/c1-23-34-40(5,16-13-28(52)53)25(19-31(58)59)46(11,50-34)47(12)44(9,22-33(62)63)43(8,21-32(60)61)36(51-47)24(2)37-45(10,38(64)65)41(6,17-14-29(54)55)27(49-37)20-26-39(3,4)42(7,35(23)48-26)18-15-30(56)57/h20,25,49H,13-19,21-22H2,1-12H3,(H,52,53)(H,54,55)(H,56,57)(H,58,59)(H,60,61)(H,62,63)(H,64,65)/b27-20-,35-23-,37-24-/t25-,40-,41-,42-,43-,44+,45+,46+,47+/m1/s1. The van der Waals surface area contributed by atoms with Gasteiger partial charge in [0.1, 0.15) is 5.41 Å². The quantitative estimate of drug-likeness (QED) is 0.0799. The maximum atomic E-state index is 14.0. The number of nitrogens with one attached hydrogen (secondary N) is 1. The third-order valence-corrected chi connectivity index (χ3v) is 17.8. The molecule has 18 nitrogen and oxygen atoms in total. The number of hydrogen-bond donors (Lipinski definition) is 8. The summed E-state index contributed by atoms with van der Waals surface area (Å²) in [5.41, 5.74) is -12.5. The van der Waals surface area contributed by atoms with Gasteiger partial charge in [0.25, 0.3) is 0 Å². The van der Waals surface area contributed by atoms with E-state index in [0.717, 1.165) is 0 Å². The normalized spacial score (nSPS) is 40.0. The molecule has 1 fully saturated rings. The highest BCUT2D eigenvalue weighted by Gasteiger charge is 2.75. The van der Waals surface area contributed by atoms with Crippen molar-refractivity contribution >= 4 is 58.9 Å². The van der Waals surface area contributed by atoms with Crippen molar-refractivity contribution in [1.29, 1.82) is 0 Å². The van der Waals surface area contributed by atoms with Crippen LogP contribution in [-0.2, 0) is 33.6 Å². The lowest BCUT2D eigenvalue weighted by Crippen LogP contribution is -2.64. The number of allylic oxidation sites excluding steroid dienone is 5. The average Bonchev–Trinajstić information content (AvgIpc) is 3.69. The largest absolute Gasteiger partial charge is 0.481 e. The number of carboxylic acid groups (broad SMARTS) is 7. The average molecular weight is 909 g/mol. The first-order valence-corrected chi connectivity index (χ1v) is 21.8. The number of fused-ring (bicyclic) bond motifs is 6. The molecule has 5 heterocycles. The zero-order chi connectivity index (χ0) is 49.6. The molecule has 0 unspecified atom stereocenters. The number of hydrogen-bond acceptors (Lipinski definition) is 11. The van der Waals surface area contributed by atoms with Gasteiger partial charge in [-0.25, -0.2) is 0 Å². The molecule has 0 amide bonds. The van der Waals surface area contributed by atoms with Crippen molar-refractivity contribution in [3.05, 3.63) is 34.3 Å². The molecule has 1 saturated heterocycles. The van der Waals surface area contributed by atoms with E-state index in [1.54, 1.807) is 61.5 Å². The topological polar surface area (TPSA) is 310 Å². The predicted molar refractivity (Wildman–Crippen MR) is 237 cm³/mol. The van der Waals surface area contributed by atoms with Gasteiger partial charge in [0.05, 0.1) is 36.0 Å². The molecule has 8 N–H and O–H groups in total. The van der Waals surface area contributed by atoms with E-state index >= 15 is 0 Å². The number of carbonyl (C=O) groups is 7. The summed E-state index contributed by atoms with van der Waals surface area (Å²) in [4.78, 5) is 107. The Labute approximate surface area is 377 Å². The van der Waals surface area contributed by atoms with Crippen LogP contribution in [0.1, 0.15) is 141 Å². The molecule has 0 aromatic rings. The summed E-state index contributed by atoms with van der Waals surface area (Å²) in [5, 5.41) is 77.3. The molecule has 0 aromatic heterocycles.